The van der Waals surface area contributed by atoms with E-state index >= 15 is 0 Å². The number of carbonyl (C=O) groups is 2. The smallest absolute Gasteiger partial charge is 0.335 e. The molecule has 0 bridgehead atoms. The third-order valence-electron chi connectivity index (χ3n) is 3.06. The fraction of sp³-hybridized carbons (Fsp3) is 0.0625. The van der Waals surface area contributed by atoms with Crippen LogP contribution in [0.4, 0.5) is 10.1 Å². The number of carboxylic acid groups (broad SMARTS) is 1. The number of nitrogens with one attached hydrogen (secondary N) is 2. The molecular formula is C16H13FN2O3S. The maximum atomic E-state index is 12.8. The second-order valence-electron chi connectivity index (χ2n) is 4.75. The fourth-order valence-corrected chi connectivity index (χ4v) is 2.07. The second-order valence-corrected chi connectivity index (χ2v) is 5.16. The number of thiocarbonyl (C=S) groups is 1. The van der Waals surface area contributed by atoms with E-state index in [-0.39, 0.29) is 16.2 Å². The zero-order valence-corrected chi connectivity index (χ0v) is 12.9. The van der Waals surface area contributed by atoms with Gasteiger partial charge in [-0.05, 0) is 67.2 Å². The average molecular weight is 332 g/mol. The monoisotopic (exact) mass is 332 g/mol. The molecule has 0 aliphatic heterocycles. The van der Waals surface area contributed by atoms with E-state index in [0.29, 0.717) is 11.3 Å². The summed E-state index contributed by atoms with van der Waals surface area (Å²) in [6.07, 6.45) is 0. The molecule has 0 fully saturated rings. The number of aromatic carboxylic acids is 1. The molecule has 3 N–H and O–H groups in total. The van der Waals surface area contributed by atoms with Crippen LogP contribution < -0.4 is 10.6 Å². The molecule has 0 atom stereocenters. The van der Waals surface area contributed by atoms with Gasteiger partial charge in [-0.2, -0.15) is 0 Å². The second kappa shape index (κ2) is 6.97. The van der Waals surface area contributed by atoms with Crippen molar-refractivity contribution in [3.8, 4) is 0 Å². The lowest BCUT2D eigenvalue weighted by molar-refractivity contribution is 0.0696. The van der Waals surface area contributed by atoms with Crippen LogP contribution in [0.3, 0.4) is 0 Å². The quantitative estimate of drug-likeness (QED) is 0.753. The van der Waals surface area contributed by atoms with E-state index < -0.39 is 17.7 Å². The molecule has 2 aromatic carbocycles. The van der Waals surface area contributed by atoms with Crippen molar-refractivity contribution in [2.45, 2.75) is 6.92 Å². The van der Waals surface area contributed by atoms with Gasteiger partial charge in [0.2, 0.25) is 0 Å². The summed E-state index contributed by atoms with van der Waals surface area (Å²) in [5.74, 6) is -1.93. The molecule has 0 spiro atoms. The summed E-state index contributed by atoms with van der Waals surface area (Å²) in [5.41, 5.74) is 1.69. The molecule has 7 heteroatoms. The predicted molar refractivity (Wildman–Crippen MR) is 88.2 cm³/mol. The van der Waals surface area contributed by atoms with Crippen molar-refractivity contribution >= 4 is 34.9 Å². The van der Waals surface area contributed by atoms with Crippen molar-refractivity contribution in [3.05, 3.63) is 65.0 Å². The molecule has 0 radical (unpaired) electrons. The topological polar surface area (TPSA) is 78.4 Å². The zero-order chi connectivity index (χ0) is 17.0. The summed E-state index contributed by atoms with van der Waals surface area (Å²) >= 11 is 5.05. The highest BCUT2D eigenvalue weighted by atomic mass is 32.1. The summed E-state index contributed by atoms with van der Waals surface area (Å²) in [6.45, 7) is 1.72. The van der Waals surface area contributed by atoms with Gasteiger partial charge < -0.3 is 10.4 Å². The maximum absolute atomic E-state index is 12.8. The molecular weight excluding hydrogens is 319 g/mol. The van der Waals surface area contributed by atoms with Gasteiger partial charge in [-0.15, -0.1) is 0 Å². The number of anilines is 1. The number of rotatable bonds is 3. The Labute approximate surface area is 137 Å². The van der Waals surface area contributed by atoms with Crippen LogP contribution in [-0.2, 0) is 0 Å². The van der Waals surface area contributed by atoms with Crippen molar-refractivity contribution < 1.29 is 19.1 Å². The lowest BCUT2D eigenvalue weighted by atomic mass is 10.1. The predicted octanol–water partition coefficient (Wildman–Crippen LogP) is 2.96. The average Bonchev–Trinajstić information content (AvgIpc) is 2.49. The van der Waals surface area contributed by atoms with Crippen LogP contribution in [0.25, 0.3) is 0 Å². The molecule has 0 aliphatic carbocycles. The van der Waals surface area contributed by atoms with Crippen molar-refractivity contribution in [1.82, 2.24) is 5.32 Å². The lowest BCUT2D eigenvalue weighted by Crippen LogP contribution is -2.34. The van der Waals surface area contributed by atoms with E-state index in [1.807, 2.05) is 0 Å². The molecule has 2 rings (SSSR count). The highest BCUT2D eigenvalue weighted by molar-refractivity contribution is 7.80. The van der Waals surface area contributed by atoms with E-state index in [1.54, 1.807) is 13.0 Å². The highest BCUT2D eigenvalue weighted by Gasteiger charge is 2.10. The Morgan fingerprint density at radius 1 is 1.09 bits per heavy atom. The van der Waals surface area contributed by atoms with Crippen LogP contribution >= 0.6 is 12.2 Å². The molecule has 0 aromatic heterocycles. The van der Waals surface area contributed by atoms with Crippen LogP contribution in [0.2, 0.25) is 0 Å². The molecule has 0 unspecified atom stereocenters. The zero-order valence-electron chi connectivity index (χ0n) is 12.1. The number of halogens is 1. The van der Waals surface area contributed by atoms with E-state index in [4.69, 9.17) is 17.3 Å². The molecule has 2 aromatic rings. The molecule has 23 heavy (non-hydrogen) atoms. The number of amides is 1. The maximum Gasteiger partial charge on any atom is 0.335 e. The summed E-state index contributed by atoms with van der Waals surface area (Å²) < 4.78 is 12.8. The van der Waals surface area contributed by atoms with Crippen LogP contribution in [0.1, 0.15) is 26.3 Å². The number of carboxylic acids is 1. The van der Waals surface area contributed by atoms with Crippen LogP contribution in [0, 0.1) is 12.7 Å². The molecule has 0 heterocycles. The number of hydrogen-bond acceptors (Lipinski definition) is 3. The van der Waals surface area contributed by atoms with Crippen LogP contribution in [0.5, 0.6) is 0 Å². The first-order valence-corrected chi connectivity index (χ1v) is 6.99. The summed E-state index contributed by atoms with van der Waals surface area (Å²) in [4.78, 5) is 22.8. The standard InChI is InChI=1S/C16H13FN2O3S/c1-9-8-11(15(21)22)4-7-13(9)18-16(23)19-14(20)10-2-5-12(17)6-3-10/h2-8H,1H3,(H,21,22)(H2,18,19,20,23). The minimum absolute atomic E-state index is 0.0606. The third-order valence-corrected chi connectivity index (χ3v) is 3.26. The lowest BCUT2D eigenvalue weighted by Gasteiger charge is -2.12. The van der Waals surface area contributed by atoms with Gasteiger partial charge in [0.25, 0.3) is 5.91 Å². The van der Waals surface area contributed by atoms with Gasteiger partial charge in [0.1, 0.15) is 5.82 Å². The normalized spacial score (nSPS) is 10.0. The molecule has 118 valence electrons. The minimum Gasteiger partial charge on any atom is -0.478 e. The van der Waals surface area contributed by atoms with Gasteiger partial charge in [0.05, 0.1) is 5.56 Å². The van der Waals surface area contributed by atoms with Crippen molar-refractivity contribution in [2.75, 3.05) is 5.32 Å². The van der Waals surface area contributed by atoms with Gasteiger partial charge in [-0.25, -0.2) is 9.18 Å². The first kappa shape index (κ1) is 16.6. The Bertz CT molecular complexity index is 775. The molecule has 1 amide bonds. The number of benzene rings is 2. The van der Waals surface area contributed by atoms with Crippen LogP contribution in [-0.4, -0.2) is 22.1 Å². The van der Waals surface area contributed by atoms with Gasteiger partial charge in [-0.1, -0.05) is 0 Å². The van der Waals surface area contributed by atoms with Crippen LogP contribution in [0.15, 0.2) is 42.5 Å². The molecule has 5 nitrogen and oxygen atoms in total. The molecule has 0 aliphatic rings. The summed E-state index contributed by atoms with van der Waals surface area (Å²) in [7, 11) is 0. The Kier molecular flexibility index (Phi) is 5.02. The van der Waals surface area contributed by atoms with Gasteiger partial charge >= 0.3 is 5.97 Å². The number of carbonyl (C=O) groups excluding carboxylic acids is 1. The van der Waals surface area contributed by atoms with E-state index in [0.717, 1.165) is 0 Å². The van der Waals surface area contributed by atoms with Crippen molar-refractivity contribution in [1.29, 1.82) is 0 Å². The van der Waals surface area contributed by atoms with Gasteiger partial charge in [0.15, 0.2) is 5.11 Å². The molecule has 0 saturated carbocycles. The number of hydrogen-bond donors (Lipinski definition) is 3. The number of aryl methyl sites for hydroxylation is 1. The SMILES string of the molecule is Cc1cc(C(=O)O)ccc1NC(=S)NC(=O)c1ccc(F)cc1. The minimum atomic E-state index is -1.02. The highest BCUT2D eigenvalue weighted by Crippen LogP contribution is 2.16. The van der Waals surface area contributed by atoms with E-state index in [9.17, 15) is 14.0 Å². The Morgan fingerprint density at radius 2 is 1.70 bits per heavy atom. The Morgan fingerprint density at radius 3 is 2.26 bits per heavy atom. The van der Waals surface area contributed by atoms with E-state index in [2.05, 4.69) is 10.6 Å². The van der Waals surface area contributed by atoms with E-state index in [1.165, 1.54) is 36.4 Å². The third kappa shape index (κ3) is 4.33. The van der Waals surface area contributed by atoms with Crippen molar-refractivity contribution in [3.63, 3.8) is 0 Å². The molecule has 0 saturated heterocycles. The van der Waals surface area contributed by atoms with Crippen molar-refractivity contribution in [2.24, 2.45) is 0 Å². The largest absolute Gasteiger partial charge is 0.478 e. The Balaban J connectivity index is 2.03. The van der Waals surface area contributed by atoms with Gasteiger partial charge in [0, 0.05) is 11.3 Å². The fourth-order valence-electron chi connectivity index (χ4n) is 1.87. The summed E-state index contributed by atoms with van der Waals surface area (Å²) in [5, 5.41) is 14.3. The Hall–Kier alpha value is -2.80. The van der Waals surface area contributed by atoms with Gasteiger partial charge in [-0.3, -0.25) is 10.1 Å². The summed E-state index contributed by atoms with van der Waals surface area (Å²) in [6, 6.07) is 9.55. The first-order valence-electron chi connectivity index (χ1n) is 6.58. The first-order chi connectivity index (χ1) is 10.9.